The van der Waals surface area contributed by atoms with E-state index < -0.39 is 6.10 Å². The molecule has 94 valence electrons. The predicted molar refractivity (Wildman–Crippen MR) is 73.3 cm³/mol. The van der Waals surface area contributed by atoms with Gasteiger partial charge in [0, 0.05) is 11.3 Å². The van der Waals surface area contributed by atoms with Crippen molar-refractivity contribution in [1.29, 1.82) is 0 Å². The molecule has 17 heavy (non-hydrogen) atoms. The van der Waals surface area contributed by atoms with Crippen LogP contribution in [0.3, 0.4) is 0 Å². The molecule has 0 radical (unpaired) electrons. The van der Waals surface area contributed by atoms with Gasteiger partial charge in [0.15, 0.2) is 0 Å². The highest BCUT2D eigenvalue weighted by Crippen LogP contribution is 2.23. The molecule has 0 heterocycles. The summed E-state index contributed by atoms with van der Waals surface area (Å²) in [6.07, 6.45) is -0.598. The van der Waals surface area contributed by atoms with Gasteiger partial charge in [-0.1, -0.05) is 48.0 Å². The minimum Gasteiger partial charge on any atom is -0.389 e. The summed E-state index contributed by atoms with van der Waals surface area (Å²) in [5.41, 5.74) is 1.39. The van der Waals surface area contributed by atoms with Crippen LogP contribution >= 0.6 is 15.9 Å². The summed E-state index contributed by atoms with van der Waals surface area (Å²) in [4.78, 5) is 11.7. The largest absolute Gasteiger partial charge is 0.389 e. The van der Waals surface area contributed by atoms with Crippen LogP contribution in [0.15, 0.2) is 24.3 Å². The smallest absolute Gasteiger partial charge is 0.238 e. The number of carbonyl (C=O) groups excluding carboxylic acids is 1. The predicted octanol–water partition coefficient (Wildman–Crippen LogP) is 3.10. The van der Waals surface area contributed by atoms with Crippen molar-refractivity contribution in [3.63, 3.8) is 0 Å². The summed E-state index contributed by atoms with van der Waals surface area (Å²) < 4.78 is 0. The van der Waals surface area contributed by atoms with Crippen molar-refractivity contribution in [3.8, 4) is 0 Å². The second kappa shape index (κ2) is 6.17. The van der Waals surface area contributed by atoms with Gasteiger partial charge in [0.05, 0.1) is 10.9 Å². The van der Waals surface area contributed by atoms with Crippen molar-refractivity contribution in [1.82, 2.24) is 0 Å². The Balaban J connectivity index is 2.85. The van der Waals surface area contributed by atoms with Crippen LogP contribution in [-0.2, 0) is 4.79 Å². The van der Waals surface area contributed by atoms with Crippen molar-refractivity contribution >= 4 is 27.5 Å². The molecule has 2 atom stereocenters. The third-order valence-electron chi connectivity index (χ3n) is 2.50. The van der Waals surface area contributed by atoms with Gasteiger partial charge in [-0.3, -0.25) is 4.79 Å². The van der Waals surface area contributed by atoms with Crippen LogP contribution < -0.4 is 5.32 Å². The van der Waals surface area contributed by atoms with E-state index in [0.29, 0.717) is 5.69 Å². The fourth-order valence-electron chi connectivity index (χ4n) is 1.48. The number of anilines is 1. The van der Waals surface area contributed by atoms with E-state index in [2.05, 4.69) is 21.2 Å². The Morgan fingerprint density at radius 2 is 1.88 bits per heavy atom. The van der Waals surface area contributed by atoms with Crippen LogP contribution in [0.4, 0.5) is 5.69 Å². The molecule has 1 aromatic rings. The van der Waals surface area contributed by atoms with Gasteiger partial charge in [0.2, 0.25) is 5.91 Å². The first-order valence-electron chi connectivity index (χ1n) is 5.65. The van der Waals surface area contributed by atoms with E-state index in [9.17, 15) is 9.90 Å². The number of carbonyl (C=O) groups is 1. The second-order valence-electron chi connectivity index (χ2n) is 4.40. The van der Waals surface area contributed by atoms with Crippen LogP contribution in [0.25, 0.3) is 0 Å². The maximum absolute atomic E-state index is 11.9. The van der Waals surface area contributed by atoms with E-state index in [1.54, 1.807) is 19.1 Å². The molecule has 0 aromatic heterocycles. The van der Waals surface area contributed by atoms with Gasteiger partial charge in [-0.25, -0.2) is 0 Å². The normalized spacial score (nSPS) is 14.5. The van der Waals surface area contributed by atoms with Crippen molar-refractivity contribution in [3.05, 3.63) is 29.8 Å². The molecule has 4 heteroatoms. The molecule has 0 fully saturated rings. The van der Waals surface area contributed by atoms with Crippen molar-refractivity contribution < 1.29 is 9.90 Å². The first-order chi connectivity index (χ1) is 7.93. The topological polar surface area (TPSA) is 49.3 Å². The molecule has 0 aliphatic heterocycles. The molecule has 0 bridgehead atoms. The van der Waals surface area contributed by atoms with Crippen LogP contribution in [0, 0.1) is 5.92 Å². The number of halogens is 1. The zero-order chi connectivity index (χ0) is 13.0. The molecule has 2 unspecified atom stereocenters. The van der Waals surface area contributed by atoms with E-state index in [0.717, 1.165) is 5.56 Å². The van der Waals surface area contributed by atoms with Gasteiger partial charge >= 0.3 is 0 Å². The molecule has 1 rings (SSSR count). The average molecular weight is 300 g/mol. The van der Waals surface area contributed by atoms with Crippen LogP contribution in [0.2, 0.25) is 0 Å². The molecule has 1 amide bonds. The molecule has 0 aliphatic rings. The first-order valence-corrected chi connectivity index (χ1v) is 6.57. The SMILES string of the molecule is CC(O)c1ccccc1NC(=O)C(Br)C(C)C. The lowest BCUT2D eigenvalue weighted by Crippen LogP contribution is -2.27. The highest BCUT2D eigenvalue weighted by Gasteiger charge is 2.19. The number of nitrogens with one attached hydrogen (secondary N) is 1. The number of alkyl halides is 1. The summed E-state index contributed by atoms with van der Waals surface area (Å²) in [5.74, 6) is 0.127. The van der Waals surface area contributed by atoms with Crippen molar-refractivity contribution in [2.24, 2.45) is 5.92 Å². The van der Waals surface area contributed by atoms with Gasteiger partial charge in [-0.15, -0.1) is 0 Å². The Bertz CT molecular complexity index is 391. The lowest BCUT2D eigenvalue weighted by molar-refractivity contribution is -0.116. The lowest BCUT2D eigenvalue weighted by atomic mass is 10.1. The molecule has 1 aromatic carbocycles. The Morgan fingerprint density at radius 3 is 2.41 bits per heavy atom. The van der Waals surface area contributed by atoms with E-state index in [1.807, 2.05) is 26.0 Å². The number of hydrogen-bond acceptors (Lipinski definition) is 2. The molecular formula is C13H18BrNO2. The zero-order valence-corrected chi connectivity index (χ0v) is 11.9. The third-order valence-corrected chi connectivity index (χ3v) is 3.98. The van der Waals surface area contributed by atoms with E-state index in [1.165, 1.54) is 0 Å². The molecule has 2 N–H and O–H groups in total. The quantitative estimate of drug-likeness (QED) is 0.839. The molecular weight excluding hydrogens is 282 g/mol. The average Bonchev–Trinajstić information content (AvgIpc) is 2.28. The highest BCUT2D eigenvalue weighted by atomic mass is 79.9. The molecule has 0 aliphatic carbocycles. The maximum atomic E-state index is 11.9. The lowest BCUT2D eigenvalue weighted by Gasteiger charge is -2.17. The van der Waals surface area contributed by atoms with Crippen LogP contribution in [0.5, 0.6) is 0 Å². The number of aliphatic hydroxyl groups excluding tert-OH is 1. The van der Waals surface area contributed by atoms with Crippen LogP contribution in [-0.4, -0.2) is 15.8 Å². The van der Waals surface area contributed by atoms with Crippen molar-refractivity contribution in [2.75, 3.05) is 5.32 Å². The maximum Gasteiger partial charge on any atom is 0.238 e. The molecule has 0 saturated carbocycles. The molecule has 0 spiro atoms. The number of aliphatic hydroxyl groups is 1. The minimum absolute atomic E-state index is 0.0897. The second-order valence-corrected chi connectivity index (χ2v) is 5.38. The van der Waals surface area contributed by atoms with E-state index >= 15 is 0 Å². The first kappa shape index (κ1) is 14.2. The summed E-state index contributed by atoms with van der Waals surface area (Å²) in [6, 6.07) is 7.27. The van der Waals surface area contributed by atoms with Gasteiger partial charge in [-0.2, -0.15) is 0 Å². The fourth-order valence-corrected chi connectivity index (χ4v) is 1.59. The minimum atomic E-state index is -0.598. The summed E-state index contributed by atoms with van der Waals surface area (Å²) in [7, 11) is 0. The Kier molecular flexibility index (Phi) is 5.15. The van der Waals surface area contributed by atoms with Crippen molar-refractivity contribution in [2.45, 2.75) is 31.7 Å². The molecule has 3 nitrogen and oxygen atoms in total. The number of rotatable bonds is 4. The number of para-hydroxylation sites is 1. The van der Waals surface area contributed by atoms with Crippen LogP contribution in [0.1, 0.15) is 32.4 Å². The molecule has 0 saturated heterocycles. The Hall–Kier alpha value is -0.870. The number of hydrogen-bond donors (Lipinski definition) is 2. The summed E-state index contributed by atoms with van der Waals surface area (Å²) in [6.45, 7) is 5.62. The number of benzene rings is 1. The standard InChI is InChI=1S/C13H18BrNO2/c1-8(2)12(14)13(17)15-11-7-5-4-6-10(11)9(3)16/h4-9,12,16H,1-3H3,(H,15,17). The van der Waals surface area contributed by atoms with Gasteiger partial charge in [-0.05, 0) is 18.9 Å². The Morgan fingerprint density at radius 1 is 1.29 bits per heavy atom. The van der Waals surface area contributed by atoms with Gasteiger partial charge in [0.25, 0.3) is 0 Å². The monoisotopic (exact) mass is 299 g/mol. The highest BCUT2D eigenvalue weighted by molar-refractivity contribution is 9.10. The summed E-state index contributed by atoms with van der Waals surface area (Å²) >= 11 is 3.35. The fraction of sp³-hybridized carbons (Fsp3) is 0.462. The number of amides is 1. The van der Waals surface area contributed by atoms with E-state index in [4.69, 9.17) is 0 Å². The third kappa shape index (κ3) is 3.82. The summed E-state index contributed by atoms with van der Waals surface area (Å²) in [5, 5.41) is 12.4. The zero-order valence-electron chi connectivity index (χ0n) is 10.3. The van der Waals surface area contributed by atoms with E-state index in [-0.39, 0.29) is 16.7 Å². The van der Waals surface area contributed by atoms with Gasteiger partial charge in [0.1, 0.15) is 0 Å². The van der Waals surface area contributed by atoms with Gasteiger partial charge < -0.3 is 10.4 Å². The Labute approximate surface area is 110 Å².